The zero-order valence-electron chi connectivity index (χ0n) is 11.5. The van der Waals surface area contributed by atoms with E-state index in [1.807, 2.05) is 6.07 Å². The minimum Gasteiger partial charge on any atom is -0.340 e. The lowest BCUT2D eigenvalue weighted by Crippen LogP contribution is -2.52. The molecule has 0 unspecified atom stereocenters. The molecule has 0 spiro atoms. The van der Waals surface area contributed by atoms with Gasteiger partial charge in [-0.2, -0.15) is 0 Å². The number of hydrogen-bond donors (Lipinski definition) is 1. The number of piperidine rings is 1. The molecular formula is C15H21FN2O. The third kappa shape index (κ3) is 3.13. The van der Waals surface area contributed by atoms with Crippen molar-refractivity contribution >= 4 is 5.91 Å². The second kappa shape index (κ2) is 5.70. The first-order valence-corrected chi connectivity index (χ1v) is 6.77. The number of halogens is 1. The molecule has 2 N–H and O–H groups in total. The Morgan fingerprint density at radius 3 is 2.74 bits per heavy atom. The molecule has 2 atom stereocenters. The molecule has 1 amide bonds. The lowest BCUT2D eigenvalue weighted by atomic mass is 9.87. The number of amides is 1. The summed E-state index contributed by atoms with van der Waals surface area (Å²) >= 11 is 0. The topological polar surface area (TPSA) is 46.3 Å². The molecule has 1 aromatic rings. The molecule has 104 valence electrons. The largest absolute Gasteiger partial charge is 0.340 e. The van der Waals surface area contributed by atoms with Gasteiger partial charge in [0.25, 0.3) is 0 Å². The van der Waals surface area contributed by atoms with Crippen molar-refractivity contribution < 1.29 is 9.18 Å². The summed E-state index contributed by atoms with van der Waals surface area (Å²) in [7, 11) is 0. The molecule has 1 fully saturated rings. The first-order chi connectivity index (χ1) is 8.99. The van der Waals surface area contributed by atoms with Crippen LogP contribution in [0.15, 0.2) is 24.3 Å². The van der Waals surface area contributed by atoms with Crippen molar-refractivity contribution in [3.63, 3.8) is 0 Å². The average Bonchev–Trinajstić information content (AvgIpc) is 2.35. The fourth-order valence-electron chi connectivity index (χ4n) is 2.71. The zero-order valence-corrected chi connectivity index (χ0v) is 11.5. The van der Waals surface area contributed by atoms with E-state index < -0.39 is 6.04 Å². The second-order valence-corrected chi connectivity index (χ2v) is 5.70. The average molecular weight is 264 g/mol. The standard InChI is InChI=1S/C15H21FN2O/c1-10(2)8-18-9-11(7-14(17)15(18)19)12-5-3-4-6-13(12)16/h3-6,10-11,14H,7-9,17H2,1-2H3/t11-,14+/m1/s1. The van der Waals surface area contributed by atoms with Gasteiger partial charge in [0, 0.05) is 19.0 Å². The molecule has 0 saturated carbocycles. The minimum atomic E-state index is -0.517. The molecule has 0 bridgehead atoms. The number of hydrogen-bond acceptors (Lipinski definition) is 2. The van der Waals surface area contributed by atoms with Crippen molar-refractivity contribution in [3.05, 3.63) is 35.6 Å². The molecule has 1 aliphatic rings. The highest BCUT2D eigenvalue weighted by Gasteiger charge is 2.33. The summed E-state index contributed by atoms with van der Waals surface area (Å²) in [6, 6.07) is 6.24. The van der Waals surface area contributed by atoms with Crippen molar-refractivity contribution in [1.29, 1.82) is 0 Å². The van der Waals surface area contributed by atoms with Crippen LogP contribution in [0.5, 0.6) is 0 Å². The Morgan fingerprint density at radius 2 is 2.11 bits per heavy atom. The predicted molar refractivity (Wildman–Crippen MR) is 73.2 cm³/mol. The maximum atomic E-state index is 13.8. The molecule has 4 heteroatoms. The summed E-state index contributed by atoms with van der Waals surface area (Å²) in [5.41, 5.74) is 6.57. The van der Waals surface area contributed by atoms with Crippen LogP contribution >= 0.6 is 0 Å². The van der Waals surface area contributed by atoms with Gasteiger partial charge in [-0.05, 0) is 24.0 Å². The Morgan fingerprint density at radius 1 is 1.42 bits per heavy atom. The fraction of sp³-hybridized carbons (Fsp3) is 0.533. The first kappa shape index (κ1) is 14.0. The molecule has 1 aliphatic heterocycles. The van der Waals surface area contributed by atoms with Crippen molar-refractivity contribution in [1.82, 2.24) is 4.90 Å². The molecule has 19 heavy (non-hydrogen) atoms. The van der Waals surface area contributed by atoms with E-state index in [-0.39, 0.29) is 17.6 Å². The van der Waals surface area contributed by atoms with E-state index >= 15 is 0 Å². The highest BCUT2D eigenvalue weighted by Crippen LogP contribution is 2.29. The van der Waals surface area contributed by atoms with E-state index in [2.05, 4.69) is 13.8 Å². The molecule has 0 aromatic heterocycles. The van der Waals surface area contributed by atoms with Gasteiger partial charge in [-0.15, -0.1) is 0 Å². The van der Waals surface area contributed by atoms with Crippen LogP contribution in [0, 0.1) is 11.7 Å². The third-order valence-electron chi connectivity index (χ3n) is 3.54. The highest BCUT2D eigenvalue weighted by atomic mass is 19.1. The van der Waals surface area contributed by atoms with Crippen LogP contribution in [0.2, 0.25) is 0 Å². The second-order valence-electron chi connectivity index (χ2n) is 5.70. The van der Waals surface area contributed by atoms with Crippen LogP contribution in [0.25, 0.3) is 0 Å². The van der Waals surface area contributed by atoms with Crippen LogP contribution < -0.4 is 5.73 Å². The Kier molecular flexibility index (Phi) is 4.20. The highest BCUT2D eigenvalue weighted by molar-refractivity contribution is 5.82. The Bertz CT molecular complexity index is 461. The van der Waals surface area contributed by atoms with Gasteiger partial charge < -0.3 is 10.6 Å². The van der Waals surface area contributed by atoms with Gasteiger partial charge in [0.05, 0.1) is 6.04 Å². The molecule has 0 radical (unpaired) electrons. The first-order valence-electron chi connectivity index (χ1n) is 6.77. The number of carbonyl (C=O) groups excluding carboxylic acids is 1. The summed E-state index contributed by atoms with van der Waals surface area (Å²) in [6.45, 7) is 5.36. The maximum absolute atomic E-state index is 13.8. The number of rotatable bonds is 3. The van der Waals surface area contributed by atoms with Gasteiger partial charge in [0.1, 0.15) is 5.82 Å². The van der Waals surface area contributed by atoms with E-state index in [0.29, 0.717) is 31.0 Å². The smallest absolute Gasteiger partial charge is 0.239 e. The predicted octanol–water partition coefficient (Wildman–Crippen LogP) is 2.12. The minimum absolute atomic E-state index is 0.00681. The molecule has 1 aromatic carbocycles. The molecule has 0 aliphatic carbocycles. The van der Waals surface area contributed by atoms with Crippen molar-refractivity contribution in [2.75, 3.05) is 13.1 Å². The van der Waals surface area contributed by atoms with Crippen molar-refractivity contribution in [2.45, 2.75) is 32.2 Å². The van der Waals surface area contributed by atoms with Gasteiger partial charge >= 0.3 is 0 Å². The molecule has 1 saturated heterocycles. The number of benzene rings is 1. The quantitative estimate of drug-likeness (QED) is 0.909. The summed E-state index contributed by atoms with van der Waals surface area (Å²) in [5.74, 6) is 0.156. The van der Waals surface area contributed by atoms with Crippen LogP contribution in [0.1, 0.15) is 31.7 Å². The van der Waals surface area contributed by atoms with Crippen molar-refractivity contribution in [3.8, 4) is 0 Å². The van der Waals surface area contributed by atoms with Gasteiger partial charge in [-0.3, -0.25) is 4.79 Å². The van der Waals surface area contributed by atoms with Crippen molar-refractivity contribution in [2.24, 2.45) is 11.7 Å². The molecule has 1 heterocycles. The maximum Gasteiger partial charge on any atom is 0.239 e. The summed E-state index contributed by atoms with van der Waals surface area (Å²) < 4.78 is 13.8. The van der Waals surface area contributed by atoms with Gasteiger partial charge in [0.15, 0.2) is 0 Å². The van der Waals surface area contributed by atoms with E-state index in [9.17, 15) is 9.18 Å². The Balaban J connectivity index is 2.19. The number of likely N-dealkylation sites (tertiary alicyclic amines) is 1. The third-order valence-corrected chi connectivity index (χ3v) is 3.54. The summed E-state index contributed by atoms with van der Waals surface area (Å²) in [4.78, 5) is 13.8. The van der Waals surface area contributed by atoms with E-state index in [1.165, 1.54) is 6.07 Å². The van der Waals surface area contributed by atoms with Crippen LogP contribution in [0.3, 0.4) is 0 Å². The van der Waals surface area contributed by atoms with Gasteiger partial charge in [-0.25, -0.2) is 4.39 Å². The Hall–Kier alpha value is -1.42. The van der Waals surface area contributed by atoms with Gasteiger partial charge in [-0.1, -0.05) is 32.0 Å². The van der Waals surface area contributed by atoms with Crippen LogP contribution in [-0.4, -0.2) is 29.9 Å². The number of carbonyl (C=O) groups is 1. The van der Waals surface area contributed by atoms with E-state index in [4.69, 9.17) is 5.73 Å². The fourth-order valence-corrected chi connectivity index (χ4v) is 2.71. The number of nitrogens with two attached hydrogens (primary N) is 1. The van der Waals surface area contributed by atoms with E-state index in [1.54, 1.807) is 17.0 Å². The van der Waals surface area contributed by atoms with Crippen LogP contribution in [-0.2, 0) is 4.79 Å². The molecule has 2 rings (SSSR count). The molecular weight excluding hydrogens is 243 g/mol. The monoisotopic (exact) mass is 264 g/mol. The number of nitrogens with zero attached hydrogens (tertiary/aromatic N) is 1. The lowest BCUT2D eigenvalue weighted by molar-refractivity contribution is -0.136. The van der Waals surface area contributed by atoms with Gasteiger partial charge in [0.2, 0.25) is 5.91 Å². The zero-order chi connectivity index (χ0) is 14.0. The normalized spacial score (nSPS) is 24.1. The summed E-state index contributed by atoms with van der Waals surface area (Å²) in [5, 5.41) is 0. The SMILES string of the molecule is CC(C)CN1C[C@H](c2ccccc2F)C[C@H](N)C1=O. The molecule has 3 nitrogen and oxygen atoms in total. The summed E-state index contributed by atoms with van der Waals surface area (Å²) in [6.07, 6.45) is 0.522. The Labute approximate surface area is 113 Å². The lowest BCUT2D eigenvalue weighted by Gasteiger charge is -2.37. The van der Waals surface area contributed by atoms with E-state index in [0.717, 1.165) is 0 Å². The van der Waals surface area contributed by atoms with Crippen LogP contribution in [0.4, 0.5) is 4.39 Å².